The van der Waals surface area contributed by atoms with Crippen molar-refractivity contribution in [2.75, 3.05) is 25.7 Å². The molecule has 1 saturated heterocycles. The second-order valence-corrected chi connectivity index (χ2v) is 4.88. The summed E-state index contributed by atoms with van der Waals surface area (Å²) in [4.78, 5) is 0. The Morgan fingerprint density at radius 2 is 2.46 bits per heavy atom. The Balaban J connectivity index is 2.60. The van der Waals surface area contributed by atoms with E-state index in [0.717, 1.165) is 0 Å². The van der Waals surface area contributed by atoms with E-state index in [1.807, 2.05) is 0 Å². The molecule has 2 unspecified atom stereocenters. The molecule has 0 N–H and O–H groups in total. The molecular formula is C7H12ClO4P. The molecule has 0 bridgehead atoms. The molecule has 0 amide bonds. The lowest BCUT2D eigenvalue weighted by atomic mass is 10.7. The molecule has 0 aromatic rings. The Hall–Kier alpha value is 0.140. The maximum Gasteiger partial charge on any atom is 0.363 e. The van der Waals surface area contributed by atoms with Gasteiger partial charge in [0.15, 0.2) is 5.85 Å². The maximum absolute atomic E-state index is 11.9. The molecule has 1 rings (SSSR count). The van der Waals surface area contributed by atoms with Crippen LogP contribution in [0.2, 0.25) is 0 Å². The fourth-order valence-electron chi connectivity index (χ4n) is 0.968. The van der Waals surface area contributed by atoms with Crippen LogP contribution in [0.5, 0.6) is 0 Å². The van der Waals surface area contributed by atoms with Gasteiger partial charge in [-0.15, -0.1) is 11.6 Å². The molecule has 76 valence electrons. The summed E-state index contributed by atoms with van der Waals surface area (Å²) >= 11 is 5.41. The van der Waals surface area contributed by atoms with E-state index < -0.39 is 13.4 Å². The fraction of sp³-hybridized carbons (Fsp3) is 0.714. The van der Waals surface area contributed by atoms with Gasteiger partial charge in [-0.25, -0.2) is 0 Å². The SMILES string of the molecule is C=CC1OCCOP1(=O)OCCCl. The smallest absolute Gasteiger partial charge is 0.359 e. The van der Waals surface area contributed by atoms with Crippen LogP contribution >= 0.6 is 19.2 Å². The predicted octanol–water partition coefficient (Wildman–Crippen LogP) is 1.99. The zero-order valence-electron chi connectivity index (χ0n) is 7.15. The molecule has 2 atom stereocenters. The third-order valence-corrected chi connectivity index (χ3v) is 3.73. The van der Waals surface area contributed by atoms with Gasteiger partial charge in [-0.2, -0.15) is 0 Å². The van der Waals surface area contributed by atoms with Crippen LogP contribution in [0.15, 0.2) is 12.7 Å². The summed E-state index contributed by atoms with van der Waals surface area (Å²) in [5, 5.41) is 0. The average molecular weight is 227 g/mol. The highest BCUT2D eigenvalue weighted by Gasteiger charge is 2.37. The summed E-state index contributed by atoms with van der Waals surface area (Å²) in [6.07, 6.45) is 1.42. The van der Waals surface area contributed by atoms with Crippen molar-refractivity contribution >= 4 is 19.2 Å². The Kier molecular flexibility index (Phi) is 4.42. The quantitative estimate of drug-likeness (QED) is 0.418. The summed E-state index contributed by atoms with van der Waals surface area (Å²) in [6, 6.07) is 0. The lowest BCUT2D eigenvalue weighted by Crippen LogP contribution is -2.23. The van der Waals surface area contributed by atoms with Crippen LogP contribution in [0, 0.1) is 0 Å². The molecule has 0 saturated carbocycles. The summed E-state index contributed by atoms with van der Waals surface area (Å²) in [6.45, 7) is 4.37. The van der Waals surface area contributed by atoms with E-state index >= 15 is 0 Å². The van der Waals surface area contributed by atoms with Crippen LogP contribution in [0.25, 0.3) is 0 Å². The van der Waals surface area contributed by atoms with Gasteiger partial charge in [-0.1, -0.05) is 12.7 Å². The van der Waals surface area contributed by atoms with Gasteiger partial charge in [-0.05, 0) is 0 Å². The van der Waals surface area contributed by atoms with Crippen molar-refractivity contribution < 1.29 is 18.3 Å². The van der Waals surface area contributed by atoms with E-state index in [-0.39, 0.29) is 19.1 Å². The topological polar surface area (TPSA) is 44.8 Å². The zero-order chi connectivity index (χ0) is 9.73. The summed E-state index contributed by atoms with van der Waals surface area (Å²) in [5.41, 5.74) is 0. The Morgan fingerprint density at radius 3 is 3.08 bits per heavy atom. The number of rotatable bonds is 4. The van der Waals surface area contributed by atoms with Gasteiger partial charge in [0.2, 0.25) is 0 Å². The number of hydrogen-bond donors (Lipinski definition) is 0. The molecule has 1 aliphatic rings. The van der Waals surface area contributed by atoms with Gasteiger partial charge in [0.1, 0.15) is 0 Å². The highest BCUT2D eigenvalue weighted by molar-refractivity contribution is 7.54. The second kappa shape index (κ2) is 5.13. The van der Waals surface area contributed by atoms with E-state index in [9.17, 15) is 4.57 Å². The summed E-state index contributed by atoms with van der Waals surface area (Å²) < 4.78 is 27.1. The zero-order valence-corrected chi connectivity index (χ0v) is 8.80. The molecular weight excluding hydrogens is 214 g/mol. The minimum atomic E-state index is -3.16. The van der Waals surface area contributed by atoms with Crippen LogP contribution in [0.3, 0.4) is 0 Å². The minimum absolute atomic E-state index is 0.187. The molecule has 0 aliphatic carbocycles. The maximum atomic E-state index is 11.9. The van der Waals surface area contributed by atoms with Crippen molar-refractivity contribution in [3.63, 3.8) is 0 Å². The summed E-state index contributed by atoms with van der Waals surface area (Å²) in [5.74, 6) is -0.388. The molecule has 13 heavy (non-hydrogen) atoms. The molecule has 0 aromatic heterocycles. The lowest BCUT2D eigenvalue weighted by Gasteiger charge is -2.28. The van der Waals surface area contributed by atoms with Crippen LogP contribution < -0.4 is 0 Å². The molecule has 0 spiro atoms. The first-order valence-corrected chi connectivity index (χ1v) is 6.06. The Labute approximate surface area is 82.3 Å². The van der Waals surface area contributed by atoms with Gasteiger partial charge in [0, 0.05) is 5.88 Å². The van der Waals surface area contributed by atoms with Gasteiger partial charge in [-0.3, -0.25) is 4.57 Å². The van der Waals surface area contributed by atoms with Crippen molar-refractivity contribution in [1.82, 2.24) is 0 Å². The molecule has 0 radical (unpaired) electrons. The Bertz CT molecular complexity index is 221. The Morgan fingerprint density at radius 1 is 1.69 bits per heavy atom. The van der Waals surface area contributed by atoms with Gasteiger partial charge < -0.3 is 13.8 Å². The fourth-order valence-corrected chi connectivity index (χ4v) is 2.74. The lowest BCUT2D eigenvalue weighted by molar-refractivity contribution is 0.0314. The van der Waals surface area contributed by atoms with Crippen molar-refractivity contribution in [1.29, 1.82) is 0 Å². The highest BCUT2D eigenvalue weighted by Crippen LogP contribution is 2.55. The van der Waals surface area contributed by atoms with E-state index in [1.165, 1.54) is 6.08 Å². The number of ether oxygens (including phenoxy) is 1. The van der Waals surface area contributed by atoms with E-state index in [1.54, 1.807) is 0 Å². The van der Waals surface area contributed by atoms with Crippen molar-refractivity contribution in [3.8, 4) is 0 Å². The number of halogens is 1. The molecule has 1 heterocycles. The van der Waals surface area contributed by atoms with Crippen LogP contribution in [-0.2, 0) is 18.3 Å². The largest absolute Gasteiger partial charge is 0.363 e. The normalized spacial score (nSPS) is 34.4. The van der Waals surface area contributed by atoms with Crippen molar-refractivity contribution in [2.24, 2.45) is 0 Å². The predicted molar refractivity (Wildman–Crippen MR) is 50.2 cm³/mol. The molecule has 1 aliphatic heterocycles. The molecule has 1 fully saturated rings. The van der Waals surface area contributed by atoms with Gasteiger partial charge in [0.05, 0.1) is 19.8 Å². The van der Waals surface area contributed by atoms with Crippen LogP contribution in [0.1, 0.15) is 0 Å². The van der Waals surface area contributed by atoms with Crippen LogP contribution in [-0.4, -0.2) is 31.5 Å². The second-order valence-electron chi connectivity index (χ2n) is 2.39. The van der Waals surface area contributed by atoms with Gasteiger partial charge in [0.25, 0.3) is 0 Å². The van der Waals surface area contributed by atoms with E-state index in [0.29, 0.717) is 6.61 Å². The first-order valence-electron chi connectivity index (χ1n) is 3.92. The number of alkyl halides is 1. The molecule has 6 heteroatoms. The van der Waals surface area contributed by atoms with Gasteiger partial charge >= 0.3 is 7.60 Å². The minimum Gasteiger partial charge on any atom is -0.359 e. The number of hydrogen-bond acceptors (Lipinski definition) is 4. The van der Waals surface area contributed by atoms with E-state index in [4.69, 9.17) is 25.4 Å². The third-order valence-electron chi connectivity index (χ3n) is 1.50. The first-order chi connectivity index (χ1) is 6.23. The highest BCUT2D eigenvalue weighted by atomic mass is 35.5. The monoisotopic (exact) mass is 226 g/mol. The molecule has 4 nitrogen and oxygen atoms in total. The van der Waals surface area contributed by atoms with E-state index in [2.05, 4.69) is 6.58 Å². The third kappa shape index (κ3) is 2.79. The average Bonchev–Trinajstić information content (AvgIpc) is 2.16. The summed E-state index contributed by atoms with van der Waals surface area (Å²) in [7, 11) is -3.16. The standard InChI is InChI=1S/C7H12ClO4P/c1-2-7-10-5-6-12-13(7,9)11-4-3-8/h2,7H,1,3-6H2. The first kappa shape index (κ1) is 11.2. The van der Waals surface area contributed by atoms with Crippen molar-refractivity contribution in [2.45, 2.75) is 5.85 Å². The van der Waals surface area contributed by atoms with Crippen LogP contribution in [0.4, 0.5) is 0 Å². The van der Waals surface area contributed by atoms with Crippen molar-refractivity contribution in [3.05, 3.63) is 12.7 Å². The molecule has 0 aromatic carbocycles.